The number of nitrogens with zero attached hydrogens (tertiary/aromatic N) is 1. The van der Waals surface area contributed by atoms with Gasteiger partial charge >= 0.3 is 0 Å². The zero-order valence-electron chi connectivity index (χ0n) is 10.6. The minimum absolute atomic E-state index is 0.0473. The summed E-state index contributed by atoms with van der Waals surface area (Å²) in [6.45, 7) is 5.44. The van der Waals surface area contributed by atoms with E-state index in [2.05, 4.69) is 15.3 Å². The zero-order valence-corrected chi connectivity index (χ0v) is 10.6. The number of methoxy groups -OCH3 is 1. The highest BCUT2D eigenvalue weighted by Crippen LogP contribution is 2.25. The number of hydrogen-bond acceptors (Lipinski definition) is 4. The van der Waals surface area contributed by atoms with Crippen LogP contribution in [0.15, 0.2) is 4.79 Å². The lowest BCUT2D eigenvalue weighted by Gasteiger charge is -2.27. The topological polar surface area (TPSA) is 67.0 Å². The average molecular weight is 237 g/mol. The third kappa shape index (κ3) is 2.12. The molecule has 17 heavy (non-hydrogen) atoms. The third-order valence-electron chi connectivity index (χ3n) is 3.57. The summed E-state index contributed by atoms with van der Waals surface area (Å²) in [5, 5.41) is 3.18. The van der Waals surface area contributed by atoms with E-state index in [0.29, 0.717) is 12.4 Å². The van der Waals surface area contributed by atoms with Gasteiger partial charge in [0.05, 0.1) is 11.3 Å². The Morgan fingerprint density at radius 1 is 1.53 bits per heavy atom. The van der Waals surface area contributed by atoms with Crippen LogP contribution in [0, 0.1) is 0 Å². The van der Waals surface area contributed by atoms with Crippen LogP contribution in [0.25, 0.3) is 0 Å². The lowest BCUT2D eigenvalue weighted by atomic mass is 10.0. The Morgan fingerprint density at radius 3 is 2.94 bits per heavy atom. The van der Waals surface area contributed by atoms with Gasteiger partial charge in [0.2, 0.25) is 0 Å². The Balaban J connectivity index is 2.51. The first-order valence-electron chi connectivity index (χ1n) is 5.99. The van der Waals surface area contributed by atoms with Crippen molar-refractivity contribution in [2.24, 2.45) is 0 Å². The van der Waals surface area contributed by atoms with Crippen molar-refractivity contribution in [1.82, 2.24) is 15.3 Å². The molecule has 1 unspecified atom stereocenters. The van der Waals surface area contributed by atoms with Gasteiger partial charge in [0.25, 0.3) is 5.56 Å². The second kappa shape index (κ2) is 4.58. The van der Waals surface area contributed by atoms with Gasteiger partial charge < -0.3 is 15.0 Å². The predicted octanol–water partition coefficient (Wildman–Crippen LogP) is 0.687. The molecule has 0 aliphatic carbocycles. The lowest BCUT2D eigenvalue weighted by Crippen LogP contribution is -2.36. The molecule has 2 N–H and O–H groups in total. The second-order valence-electron chi connectivity index (χ2n) is 4.56. The molecule has 5 nitrogen and oxygen atoms in total. The summed E-state index contributed by atoms with van der Waals surface area (Å²) < 4.78 is 5.47. The molecular formula is C12H19N3O2. The number of aromatic nitrogens is 2. The van der Waals surface area contributed by atoms with Gasteiger partial charge in [-0.3, -0.25) is 4.79 Å². The number of aromatic amines is 1. The molecule has 0 fully saturated rings. The molecule has 0 spiro atoms. The van der Waals surface area contributed by atoms with Crippen LogP contribution in [0.1, 0.15) is 37.4 Å². The van der Waals surface area contributed by atoms with E-state index < -0.39 is 5.60 Å². The van der Waals surface area contributed by atoms with Crippen LogP contribution >= 0.6 is 0 Å². The monoisotopic (exact) mass is 237 g/mol. The fourth-order valence-electron chi connectivity index (χ4n) is 2.01. The molecule has 5 heteroatoms. The molecule has 1 aliphatic rings. The molecular weight excluding hydrogens is 218 g/mol. The summed E-state index contributed by atoms with van der Waals surface area (Å²) in [7, 11) is 1.64. The number of fused-ring (bicyclic) bond motifs is 1. The van der Waals surface area contributed by atoms with Gasteiger partial charge in [0.15, 0.2) is 0 Å². The van der Waals surface area contributed by atoms with Crippen molar-refractivity contribution in [3.8, 4) is 0 Å². The van der Waals surface area contributed by atoms with Gasteiger partial charge in [0.1, 0.15) is 11.4 Å². The highest BCUT2D eigenvalue weighted by Gasteiger charge is 2.28. The highest BCUT2D eigenvalue weighted by atomic mass is 16.5. The molecule has 2 heterocycles. The van der Waals surface area contributed by atoms with E-state index in [4.69, 9.17) is 4.74 Å². The summed E-state index contributed by atoms with van der Waals surface area (Å²) >= 11 is 0. The molecule has 0 bridgehead atoms. The van der Waals surface area contributed by atoms with Crippen LogP contribution in [0.4, 0.5) is 0 Å². The lowest BCUT2D eigenvalue weighted by molar-refractivity contribution is -0.00943. The van der Waals surface area contributed by atoms with E-state index in [1.54, 1.807) is 7.11 Å². The quantitative estimate of drug-likeness (QED) is 0.811. The standard InChI is InChI=1S/C12H19N3O2/c1-4-12(2,17-3)11-14-9-5-6-13-7-8(9)10(16)15-11/h13H,4-7H2,1-3H3,(H,14,15,16). The minimum atomic E-state index is -0.515. The van der Waals surface area contributed by atoms with E-state index in [9.17, 15) is 4.79 Å². The van der Waals surface area contributed by atoms with Crippen LogP contribution in [0.5, 0.6) is 0 Å². The molecule has 1 aromatic rings. The maximum absolute atomic E-state index is 12.0. The van der Waals surface area contributed by atoms with Crippen molar-refractivity contribution < 1.29 is 4.74 Å². The SMILES string of the molecule is CCC(C)(OC)c1nc2c(c(=O)[nH]1)CNCC2. The largest absolute Gasteiger partial charge is 0.371 e. The van der Waals surface area contributed by atoms with E-state index >= 15 is 0 Å². The Morgan fingerprint density at radius 2 is 2.29 bits per heavy atom. The van der Waals surface area contributed by atoms with Gasteiger partial charge in [-0.05, 0) is 13.3 Å². The van der Waals surface area contributed by atoms with Gasteiger partial charge in [-0.2, -0.15) is 0 Å². The van der Waals surface area contributed by atoms with E-state index in [1.165, 1.54) is 0 Å². The second-order valence-corrected chi connectivity index (χ2v) is 4.56. The third-order valence-corrected chi connectivity index (χ3v) is 3.57. The van der Waals surface area contributed by atoms with Gasteiger partial charge in [-0.1, -0.05) is 6.92 Å². The van der Waals surface area contributed by atoms with Crippen LogP contribution in [0.2, 0.25) is 0 Å². The summed E-state index contributed by atoms with van der Waals surface area (Å²) in [6.07, 6.45) is 1.57. The van der Waals surface area contributed by atoms with Crippen molar-refractivity contribution in [2.45, 2.75) is 38.8 Å². The highest BCUT2D eigenvalue weighted by molar-refractivity contribution is 5.22. The van der Waals surface area contributed by atoms with Gasteiger partial charge in [0, 0.05) is 26.6 Å². The predicted molar refractivity (Wildman–Crippen MR) is 64.9 cm³/mol. The van der Waals surface area contributed by atoms with Gasteiger partial charge in [-0.25, -0.2) is 4.98 Å². The minimum Gasteiger partial charge on any atom is -0.371 e. The molecule has 0 amide bonds. The fraction of sp³-hybridized carbons (Fsp3) is 0.667. The van der Waals surface area contributed by atoms with Crippen LogP contribution in [-0.2, 0) is 23.3 Å². The maximum atomic E-state index is 12.0. The molecule has 0 radical (unpaired) electrons. The fourth-order valence-corrected chi connectivity index (χ4v) is 2.01. The van der Waals surface area contributed by atoms with Crippen LogP contribution in [0.3, 0.4) is 0 Å². The first-order chi connectivity index (χ1) is 8.10. The first kappa shape index (κ1) is 12.3. The molecule has 94 valence electrons. The molecule has 1 atom stereocenters. The number of ether oxygens (including phenoxy) is 1. The van der Waals surface area contributed by atoms with Crippen molar-refractivity contribution >= 4 is 0 Å². The van der Waals surface area contributed by atoms with Gasteiger partial charge in [-0.15, -0.1) is 0 Å². The van der Waals surface area contributed by atoms with Crippen LogP contribution in [-0.4, -0.2) is 23.6 Å². The zero-order chi connectivity index (χ0) is 12.5. The summed E-state index contributed by atoms with van der Waals surface area (Å²) in [4.78, 5) is 19.4. The first-order valence-corrected chi connectivity index (χ1v) is 5.99. The average Bonchev–Trinajstić information content (AvgIpc) is 2.38. The smallest absolute Gasteiger partial charge is 0.255 e. The van der Waals surface area contributed by atoms with Crippen molar-refractivity contribution in [3.63, 3.8) is 0 Å². The number of nitrogens with one attached hydrogen (secondary N) is 2. The van der Waals surface area contributed by atoms with E-state index in [-0.39, 0.29) is 5.56 Å². The van der Waals surface area contributed by atoms with E-state index in [1.807, 2.05) is 13.8 Å². The van der Waals surface area contributed by atoms with Crippen LogP contribution < -0.4 is 10.9 Å². The molecule has 1 aliphatic heterocycles. The Kier molecular flexibility index (Phi) is 3.31. The molecule has 0 aromatic carbocycles. The Hall–Kier alpha value is -1.20. The maximum Gasteiger partial charge on any atom is 0.255 e. The molecule has 0 saturated carbocycles. The molecule has 1 aromatic heterocycles. The summed E-state index contributed by atoms with van der Waals surface area (Å²) in [5.41, 5.74) is 1.10. The van der Waals surface area contributed by atoms with Crippen molar-refractivity contribution in [2.75, 3.05) is 13.7 Å². The number of hydrogen-bond donors (Lipinski definition) is 2. The Bertz CT molecular complexity index is 463. The van der Waals surface area contributed by atoms with Crippen molar-refractivity contribution in [1.29, 1.82) is 0 Å². The number of rotatable bonds is 3. The van der Waals surface area contributed by atoms with Crippen molar-refractivity contribution in [3.05, 3.63) is 27.4 Å². The normalized spacial score (nSPS) is 18.5. The summed E-state index contributed by atoms with van der Waals surface area (Å²) in [6, 6.07) is 0. The summed E-state index contributed by atoms with van der Waals surface area (Å²) in [5.74, 6) is 0.633. The molecule has 2 rings (SSSR count). The van der Waals surface area contributed by atoms with E-state index in [0.717, 1.165) is 30.6 Å². The Labute approximate surface area is 101 Å². The molecule has 0 saturated heterocycles. The number of H-pyrrole nitrogens is 1.